The van der Waals surface area contributed by atoms with Crippen LogP contribution < -0.4 is 9.46 Å². The van der Waals surface area contributed by atoms with Crippen LogP contribution in [0.2, 0.25) is 0 Å². The quantitative estimate of drug-likeness (QED) is 0.891. The molecule has 3 atom stereocenters. The molecule has 25 heavy (non-hydrogen) atoms. The summed E-state index contributed by atoms with van der Waals surface area (Å²) in [5.74, 6) is 0.767. The number of aromatic nitrogens is 2. The maximum atomic E-state index is 12.8. The maximum absolute atomic E-state index is 12.8. The highest BCUT2D eigenvalue weighted by atomic mass is 32.2. The molecule has 2 aromatic rings. The van der Waals surface area contributed by atoms with Gasteiger partial charge < -0.3 is 9.47 Å². The summed E-state index contributed by atoms with van der Waals surface area (Å²) in [5.41, 5.74) is 1.81. The van der Waals surface area contributed by atoms with Crippen molar-refractivity contribution >= 4 is 10.0 Å². The minimum atomic E-state index is -3.63. The van der Waals surface area contributed by atoms with Crippen molar-refractivity contribution in [3.63, 3.8) is 0 Å². The van der Waals surface area contributed by atoms with Crippen molar-refractivity contribution in [2.24, 2.45) is 7.05 Å². The number of sulfonamides is 1. The van der Waals surface area contributed by atoms with Crippen molar-refractivity contribution in [2.75, 3.05) is 6.61 Å². The fourth-order valence-corrected chi connectivity index (χ4v) is 4.78. The number of nitrogens with zero attached hydrogens (tertiary/aromatic N) is 2. The van der Waals surface area contributed by atoms with E-state index in [4.69, 9.17) is 9.47 Å². The van der Waals surface area contributed by atoms with Crippen LogP contribution in [0, 0.1) is 0 Å². The highest BCUT2D eigenvalue weighted by Crippen LogP contribution is 2.32. The molecule has 0 saturated carbocycles. The monoisotopic (exact) mass is 363 g/mol. The smallest absolute Gasteiger partial charge is 0.240 e. The summed E-state index contributed by atoms with van der Waals surface area (Å²) in [6.07, 6.45) is 4.69. The molecule has 1 aromatic heterocycles. The third kappa shape index (κ3) is 3.17. The number of aryl methyl sites for hydroxylation is 1. The number of ether oxygens (including phenoxy) is 2. The van der Waals surface area contributed by atoms with E-state index in [0.29, 0.717) is 13.0 Å². The Labute approximate surface area is 147 Å². The van der Waals surface area contributed by atoms with Gasteiger partial charge in [-0.25, -0.2) is 13.1 Å². The Morgan fingerprint density at radius 1 is 1.36 bits per heavy atom. The topological polar surface area (TPSA) is 82.5 Å². The first kappa shape index (κ1) is 16.6. The Morgan fingerprint density at radius 3 is 2.96 bits per heavy atom. The molecular weight excluding hydrogens is 342 g/mol. The van der Waals surface area contributed by atoms with Crippen LogP contribution >= 0.6 is 0 Å². The van der Waals surface area contributed by atoms with Gasteiger partial charge in [-0.15, -0.1) is 0 Å². The number of hydrogen-bond acceptors (Lipinski definition) is 5. The molecule has 4 rings (SSSR count). The molecule has 7 nitrogen and oxygen atoms in total. The van der Waals surface area contributed by atoms with Crippen LogP contribution in [0.5, 0.6) is 5.75 Å². The first-order chi connectivity index (χ1) is 11.9. The van der Waals surface area contributed by atoms with Crippen LogP contribution in [0.4, 0.5) is 0 Å². The van der Waals surface area contributed by atoms with Gasteiger partial charge in [-0.3, -0.25) is 4.68 Å². The van der Waals surface area contributed by atoms with E-state index in [1.54, 1.807) is 29.1 Å². The van der Waals surface area contributed by atoms with E-state index in [1.165, 1.54) is 0 Å². The summed E-state index contributed by atoms with van der Waals surface area (Å²) in [7, 11) is -1.80. The lowest BCUT2D eigenvalue weighted by atomic mass is 10.1. The molecule has 0 bridgehead atoms. The molecule has 0 radical (unpaired) electrons. The van der Waals surface area contributed by atoms with E-state index in [-0.39, 0.29) is 23.1 Å². The number of benzene rings is 1. The average molecular weight is 363 g/mol. The van der Waals surface area contributed by atoms with Crippen LogP contribution in [0.25, 0.3) is 0 Å². The molecule has 134 valence electrons. The lowest BCUT2D eigenvalue weighted by Gasteiger charge is -2.19. The van der Waals surface area contributed by atoms with Gasteiger partial charge in [0.05, 0.1) is 17.1 Å². The lowest BCUT2D eigenvalue weighted by molar-refractivity contribution is 0.102. The zero-order chi connectivity index (χ0) is 17.6. The van der Waals surface area contributed by atoms with Crippen LogP contribution in [-0.2, 0) is 28.2 Å². The summed E-state index contributed by atoms with van der Waals surface area (Å²) in [4.78, 5) is 0.265. The van der Waals surface area contributed by atoms with E-state index in [0.717, 1.165) is 23.3 Å². The summed E-state index contributed by atoms with van der Waals surface area (Å²) in [6, 6.07) is 4.72. The predicted octanol–water partition coefficient (Wildman–Crippen LogP) is 1.55. The Bertz CT molecular complexity index is 893. The van der Waals surface area contributed by atoms with Crippen LogP contribution in [-0.4, -0.2) is 37.0 Å². The van der Waals surface area contributed by atoms with E-state index in [9.17, 15) is 8.42 Å². The molecule has 0 amide bonds. The molecule has 3 heterocycles. The first-order valence-corrected chi connectivity index (χ1v) is 9.83. The molecule has 1 saturated heterocycles. The average Bonchev–Trinajstić information content (AvgIpc) is 3.24. The van der Waals surface area contributed by atoms with Gasteiger partial charge in [-0.05, 0) is 37.1 Å². The summed E-state index contributed by atoms with van der Waals surface area (Å²) in [6.45, 7) is 2.49. The maximum Gasteiger partial charge on any atom is 0.240 e. The fourth-order valence-electron chi connectivity index (χ4n) is 3.46. The molecule has 1 unspecified atom stereocenters. The van der Waals surface area contributed by atoms with Gasteiger partial charge in [0, 0.05) is 31.8 Å². The second-order valence-corrected chi connectivity index (χ2v) is 8.37. The van der Waals surface area contributed by atoms with Gasteiger partial charge in [-0.1, -0.05) is 0 Å². The first-order valence-electron chi connectivity index (χ1n) is 8.34. The van der Waals surface area contributed by atoms with Gasteiger partial charge in [0.2, 0.25) is 10.0 Å². The molecular formula is C17H21N3O4S. The Morgan fingerprint density at radius 2 is 2.20 bits per heavy atom. The fraction of sp³-hybridized carbons (Fsp3) is 0.471. The van der Waals surface area contributed by atoms with Crippen LogP contribution in [0.1, 0.15) is 30.6 Å². The highest BCUT2D eigenvalue weighted by molar-refractivity contribution is 7.89. The van der Waals surface area contributed by atoms with Gasteiger partial charge in [0.1, 0.15) is 18.0 Å². The Balaban J connectivity index is 1.56. The summed E-state index contributed by atoms with van der Waals surface area (Å²) in [5, 5.41) is 4.14. The lowest BCUT2D eigenvalue weighted by Crippen LogP contribution is -2.36. The molecule has 1 N–H and O–H groups in total. The van der Waals surface area contributed by atoms with Gasteiger partial charge in [0.15, 0.2) is 0 Å². The minimum Gasteiger partial charge on any atom is -0.490 e. The minimum absolute atomic E-state index is 0.0825. The number of nitrogens with one attached hydrogen (secondary N) is 1. The van der Waals surface area contributed by atoms with Gasteiger partial charge in [0.25, 0.3) is 0 Å². The summed E-state index contributed by atoms with van der Waals surface area (Å²) < 4.78 is 41.5. The SMILES string of the molecule is CC1Cc2cc(S(=O)(=O)N[C@H]3CCO[C@@H]3c3cnn(C)c3)ccc2O1. The third-order valence-electron chi connectivity index (χ3n) is 4.63. The van der Waals surface area contributed by atoms with E-state index in [2.05, 4.69) is 9.82 Å². The predicted molar refractivity (Wildman–Crippen MR) is 90.9 cm³/mol. The zero-order valence-corrected chi connectivity index (χ0v) is 15.0. The normalized spacial score (nSPS) is 25.8. The van der Waals surface area contributed by atoms with Crippen LogP contribution in [0.3, 0.4) is 0 Å². The highest BCUT2D eigenvalue weighted by Gasteiger charge is 2.34. The number of fused-ring (bicyclic) bond motifs is 1. The van der Waals surface area contributed by atoms with E-state index >= 15 is 0 Å². The van der Waals surface area contributed by atoms with Gasteiger partial charge in [-0.2, -0.15) is 5.10 Å². The van der Waals surface area contributed by atoms with Crippen molar-refractivity contribution in [2.45, 2.75) is 42.9 Å². The Hall–Kier alpha value is -1.90. The van der Waals surface area contributed by atoms with Crippen molar-refractivity contribution in [3.8, 4) is 5.75 Å². The van der Waals surface area contributed by atoms with Gasteiger partial charge >= 0.3 is 0 Å². The van der Waals surface area contributed by atoms with Crippen LogP contribution in [0.15, 0.2) is 35.5 Å². The van der Waals surface area contributed by atoms with Crippen molar-refractivity contribution in [3.05, 3.63) is 41.7 Å². The largest absolute Gasteiger partial charge is 0.490 e. The molecule has 0 aliphatic carbocycles. The molecule has 2 aliphatic rings. The number of rotatable bonds is 4. The van der Waals surface area contributed by atoms with Crippen molar-refractivity contribution < 1.29 is 17.9 Å². The second-order valence-electron chi connectivity index (χ2n) is 6.66. The second kappa shape index (κ2) is 6.12. The standard InChI is InChI=1S/C17H21N3O4S/c1-11-7-12-8-14(3-4-16(12)24-11)25(21,22)19-15-5-6-23-17(15)13-9-18-20(2)10-13/h3-4,8-11,15,17,19H,5-7H2,1-2H3/t11?,15-,17+/m0/s1. The van der Waals surface area contributed by atoms with Crippen molar-refractivity contribution in [1.29, 1.82) is 0 Å². The molecule has 1 aromatic carbocycles. The molecule has 0 spiro atoms. The molecule has 1 fully saturated rings. The van der Waals surface area contributed by atoms with Crippen molar-refractivity contribution in [1.82, 2.24) is 14.5 Å². The third-order valence-corrected chi connectivity index (χ3v) is 6.12. The number of hydrogen-bond donors (Lipinski definition) is 1. The summed E-state index contributed by atoms with van der Waals surface area (Å²) >= 11 is 0. The molecule has 2 aliphatic heterocycles. The van der Waals surface area contributed by atoms with E-state index in [1.807, 2.05) is 20.2 Å². The van der Waals surface area contributed by atoms with E-state index < -0.39 is 10.0 Å². The Kier molecular flexibility index (Phi) is 4.05. The zero-order valence-electron chi connectivity index (χ0n) is 14.2. The molecule has 8 heteroatoms.